The Balaban J connectivity index is 1.84. The first-order valence-electron chi connectivity index (χ1n) is 13.4. The fourth-order valence-corrected chi connectivity index (χ4v) is 4.65. The van der Waals surface area contributed by atoms with Gasteiger partial charge in [-0.05, 0) is 42.5 Å². The second kappa shape index (κ2) is 14.8. The van der Waals surface area contributed by atoms with Crippen LogP contribution in [0.15, 0.2) is 71.1 Å². The van der Waals surface area contributed by atoms with Crippen molar-refractivity contribution in [2.24, 2.45) is 0 Å². The van der Waals surface area contributed by atoms with E-state index in [1.54, 1.807) is 6.07 Å². The number of nitrogens with one attached hydrogen (secondary N) is 1. The minimum absolute atomic E-state index is 0.0733. The summed E-state index contributed by atoms with van der Waals surface area (Å²) >= 11 is 0. The Morgan fingerprint density at radius 2 is 1.73 bits per heavy atom. The van der Waals surface area contributed by atoms with E-state index >= 15 is 0 Å². The Labute approximate surface area is 233 Å². The molecule has 10 heteroatoms. The second-order valence-corrected chi connectivity index (χ2v) is 9.25. The number of benzene rings is 2. The molecule has 0 bridgehead atoms. The minimum Gasteiger partial charge on any atom is -0.493 e. The number of hydrogen-bond acceptors (Lipinski definition) is 9. The molecule has 0 amide bonds. The Kier molecular flexibility index (Phi) is 11.3. The fourth-order valence-electron chi connectivity index (χ4n) is 4.65. The number of non-ortho nitro benzene ring substituents is 1. The summed E-state index contributed by atoms with van der Waals surface area (Å²) in [6.45, 7) is 4.31. The maximum absolute atomic E-state index is 13.6. The summed E-state index contributed by atoms with van der Waals surface area (Å²) in [5, 5.41) is 23.8. The standard InChI is InChI=1S/C30H36N2O8/c1-4-8-25-28(30(35)40-18-7-17-39-23-13-11-20(12-14-23)15-16-33)26(21-9-6-10-22(19-21)32(36)37)27(29(34)38-3)24(5-2)31-25/h6,9-14,19,26,31,33H,4-5,7-8,15-18H2,1-3H3. The van der Waals surface area contributed by atoms with Crippen molar-refractivity contribution >= 4 is 17.6 Å². The predicted octanol–water partition coefficient (Wildman–Crippen LogP) is 4.72. The number of ether oxygens (including phenoxy) is 3. The molecule has 0 radical (unpaired) electrons. The number of allylic oxidation sites excluding steroid dienone is 2. The third-order valence-corrected chi connectivity index (χ3v) is 6.54. The van der Waals surface area contributed by atoms with Crippen LogP contribution in [-0.4, -0.2) is 48.9 Å². The molecule has 1 atom stereocenters. The molecule has 0 aliphatic carbocycles. The number of aliphatic hydroxyl groups excluding tert-OH is 1. The van der Waals surface area contributed by atoms with E-state index < -0.39 is 22.8 Å². The van der Waals surface area contributed by atoms with Crippen LogP contribution in [0.2, 0.25) is 0 Å². The van der Waals surface area contributed by atoms with E-state index in [1.165, 1.54) is 25.3 Å². The van der Waals surface area contributed by atoms with Crippen molar-refractivity contribution in [2.45, 2.75) is 51.9 Å². The van der Waals surface area contributed by atoms with Gasteiger partial charge >= 0.3 is 11.9 Å². The highest BCUT2D eigenvalue weighted by Gasteiger charge is 2.39. The van der Waals surface area contributed by atoms with Crippen LogP contribution in [0.4, 0.5) is 5.69 Å². The average Bonchev–Trinajstić information content (AvgIpc) is 2.97. The van der Waals surface area contributed by atoms with Crippen LogP contribution in [0.1, 0.15) is 56.6 Å². The van der Waals surface area contributed by atoms with Crippen LogP contribution in [-0.2, 0) is 25.5 Å². The number of nitro groups is 1. The lowest BCUT2D eigenvalue weighted by atomic mass is 9.79. The summed E-state index contributed by atoms with van der Waals surface area (Å²) in [5.74, 6) is -1.47. The van der Waals surface area contributed by atoms with E-state index in [0.29, 0.717) is 55.0 Å². The Hall–Kier alpha value is -4.18. The van der Waals surface area contributed by atoms with Gasteiger partial charge in [-0.1, -0.05) is 44.5 Å². The number of aliphatic hydroxyl groups is 1. The van der Waals surface area contributed by atoms with E-state index in [0.717, 1.165) is 12.0 Å². The predicted molar refractivity (Wildman–Crippen MR) is 149 cm³/mol. The van der Waals surface area contributed by atoms with Crippen molar-refractivity contribution in [3.8, 4) is 5.75 Å². The van der Waals surface area contributed by atoms with Crippen molar-refractivity contribution in [3.63, 3.8) is 0 Å². The molecule has 0 saturated heterocycles. The van der Waals surface area contributed by atoms with Crippen LogP contribution >= 0.6 is 0 Å². The van der Waals surface area contributed by atoms with Crippen LogP contribution in [0.3, 0.4) is 0 Å². The maximum Gasteiger partial charge on any atom is 0.336 e. The molecule has 2 N–H and O–H groups in total. The van der Waals surface area contributed by atoms with Crippen molar-refractivity contribution in [3.05, 3.63) is 92.3 Å². The summed E-state index contributed by atoms with van der Waals surface area (Å²) in [5.41, 5.74) is 2.96. The Morgan fingerprint density at radius 3 is 2.35 bits per heavy atom. The normalized spacial score (nSPS) is 14.9. The number of methoxy groups -OCH3 is 1. The van der Waals surface area contributed by atoms with Gasteiger partial charge < -0.3 is 24.6 Å². The van der Waals surface area contributed by atoms with Gasteiger partial charge in [0, 0.05) is 36.6 Å². The molecule has 1 unspecified atom stereocenters. The lowest BCUT2D eigenvalue weighted by Gasteiger charge is -2.32. The van der Waals surface area contributed by atoms with Crippen molar-refractivity contribution in [2.75, 3.05) is 26.9 Å². The number of carbonyl (C=O) groups is 2. The fraction of sp³-hybridized carbons (Fsp3) is 0.400. The smallest absolute Gasteiger partial charge is 0.336 e. The zero-order chi connectivity index (χ0) is 29.1. The molecule has 0 saturated carbocycles. The molecular weight excluding hydrogens is 516 g/mol. The topological polar surface area (TPSA) is 137 Å². The SMILES string of the molecule is CCCC1=C(C(=O)OCCCOc2ccc(CCO)cc2)C(c2cccc([N+](=O)[O-])c2)C(C(=O)OC)=C(CC)N1. The van der Waals surface area contributed by atoms with Gasteiger partial charge in [0.25, 0.3) is 5.69 Å². The molecule has 2 aromatic rings. The van der Waals surface area contributed by atoms with Gasteiger partial charge in [0.2, 0.25) is 0 Å². The first kappa shape index (κ1) is 30.4. The monoisotopic (exact) mass is 552 g/mol. The lowest BCUT2D eigenvalue weighted by Crippen LogP contribution is -2.34. The first-order valence-corrected chi connectivity index (χ1v) is 13.4. The van der Waals surface area contributed by atoms with Gasteiger partial charge in [0.1, 0.15) is 5.75 Å². The molecule has 214 valence electrons. The largest absolute Gasteiger partial charge is 0.493 e. The second-order valence-electron chi connectivity index (χ2n) is 9.25. The van der Waals surface area contributed by atoms with E-state index in [4.69, 9.17) is 19.3 Å². The summed E-state index contributed by atoms with van der Waals surface area (Å²) in [6, 6.07) is 13.3. The summed E-state index contributed by atoms with van der Waals surface area (Å²) in [4.78, 5) is 37.6. The Bertz CT molecular complexity index is 1270. The van der Waals surface area contributed by atoms with Gasteiger partial charge in [-0.25, -0.2) is 9.59 Å². The van der Waals surface area contributed by atoms with Crippen LogP contribution in [0.25, 0.3) is 0 Å². The van der Waals surface area contributed by atoms with Gasteiger partial charge in [0.05, 0.1) is 42.3 Å². The highest BCUT2D eigenvalue weighted by molar-refractivity contribution is 6.00. The maximum atomic E-state index is 13.6. The molecular formula is C30H36N2O8. The molecule has 0 spiro atoms. The van der Waals surface area contributed by atoms with Crippen LogP contribution in [0.5, 0.6) is 5.75 Å². The molecule has 0 aromatic heterocycles. The Morgan fingerprint density at radius 1 is 1.00 bits per heavy atom. The summed E-state index contributed by atoms with van der Waals surface area (Å²) in [7, 11) is 1.26. The van der Waals surface area contributed by atoms with Crippen molar-refractivity contribution in [1.82, 2.24) is 5.32 Å². The van der Waals surface area contributed by atoms with Crippen molar-refractivity contribution < 1.29 is 33.8 Å². The van der Waals surface area contributed by atoms with E-state index in [2.05, 4.69) is 5.32 Å². The number of nitrogens with zero attached hydrogens (tertiary/aromatic N) is 1. The average molecular weight is 553 g/mol. The summed E-state index contributed by atoms with van der Waals surface area (Å²) < 4.78 is 16.5. The van der Waals surface area contributed by atoms with E-state index in [9.17, 15) is 19.7 Å². The van der Waals surface area contributed by atoms with E-state index in [1.807, 2.05) is 38.1 Å². The number of rotatable bonds is 14. The quantitative estimate of drug-likeness (QED) is 0.148. The molecule has 2 aromatic carbocycles. The molecule has 1 aliphatic rings. The minimum atomic E-state index is -0.897. The van der Waals surface area contributed by atoms with Crippen LogP contribution in [0, 0.1) is 10.1 Å². The van der Waals surface area contributed by atoms with Gasteiger partial charge in [-0.15, -0.1) is 0 Å². The summed E-state index contributed by atoms with van der Waals surface area (Å²) in [6.07, 6.45) is 2.70. The van der Waals surface area contributed by atoms with Crippen LogP contribution < -0.4 is 10.1 Å². The van der Waals surface area contributed by atoms with Crippen molar-refractivity contribution in [1.29, 1.82) is 0 Å². The number of esters is 2. The molecule has 3 rings (SSSR count). The number of dihydropyridines is 1. The lowest BCUT2D eigenvalue weighted by molar-refractivity contribution is -0.384. The molecule has 10 nitrogen and oxygen atoms in total. The third-order valence-electron chi connectivity index (χ3n) is 6.54. The zero-order valence-electron chi connectivity index (χ0n) is 23.1. The third kappa shape index (κ3) is 7.47. The van der Waals surface area contributed by atoms with Gasteiger partial charge in [-0.3, -0.25) is 10.1 Å². The molecule has 1 heterocycles. The molecule has 1 aliphatic heterocycles. The first-order chi connectivity index (χ1) is 19.3. The number of hydrogen-bond donors (Lipinski definition) is 2. The van der Waals surface area contributed by atoms with E-state index in [-0.39, 0.29) is 30.0 Å². The number of carbonyl (C=O) groups excluding carboxylic acids is 2. The zero-order valence-corrected chi connectivity index (χ0v) is 23.1. The highest BCUT2D eigenvalue weighted by Crippen LogP contribution is 2.41. The number of nitro benzene ring substituents is 1. The molecule has 40 heavy (non-hydrogen) atoms. The molecule has 0 fully saturated rings. The highest BCUT2D eigenvalue weighted by atomic mass is 16.6. The van der Waals surface area contributed by atoms with Gasteiger partial charge in [-0.2, -0.15) is 0 Å². The van der Waals surface area contributed by atoms with Gasteiger partial charge in [0.15, 0.2) is 0 Å².